The van der Waals surface area contributed by atoms with Crippen LogP contribution in [0, 0.1) is 0 Å². The van der Waals surface area contributed by atoms with Gasteiger partial charge in [0, 0.05) is 77.1 Å². The third kappa shape index (κ3) is 5.08. The maximum atomic E-state index is 12.0. The SMILES string of the molecule is CCN(C)C(=O)Oc1ccc2c(c1)C1(C)CCN(C)C1N2C.CN(C)C(=O)Oc1ccc2c(c1)C1(C)CCN(C)C1N2C. The molecule has 2 aromatic carbocycles. The Labute approximate surface area is 256 Å². The van der Waals surface area contributed by atoms with Crippen LogP contribution in [0.3, 0.4) is 0 Å². The lowest BCUT2D eigenvalue weighted by molar-refractivity contribution is 0.165. The second-order valence-corrected chi connectivity index (χ2v) is 13.3. The highest BCUT2D eigenvalue weighted by atomic mass is 16.6. The Balaban J connectivity index is 0.000000171. The predicted octanol–water partition coefficient (Wildman–Crippen LogP) is 4.62. The number of amides is 2. The first-order chi connectivity index (χ1) is 20.2. The van der Waals surface area contributed by atoms with Crippen molar-refractivity contribution in [1.82, 2.24) is 19.6 Å². The van der Waals surface area contributed by atoms with Crippen LogP contribution in [0.2, 0.25) is 0 Å². The van der Waals surface area contributed by atoms with E-state index in [1.54, 1.807) is 26.0 Å². The maximum Gasteiger partial charge on any atom is 0.414 e. The number of likely N-dealkylation sites (tertiary alicyclic amines) is 2. The van der Waals surface area contributed by atoms with E-state index < -0.39 is 0 Å². The highest BCUT2D eigenvalue weighted by Gasteiger charge is 2.53. The number of anilines is 2. The second-order valence-electron chi connectivity index (χ2n) is 13.3. The van der Waals surface area contributed by atoms with Gasteiger partial charge in [0.05, 0.1) is 12.3 Å². The van der Waals surface area contributed by atoms with E-state index in [4.69, 9.17) is 9.47 Å². The lowest BCUT2D eigenvalue weighted by atomic mass is 9.81. The minimum Gasteiger partial charge on any atom is -0.410 e. The van der Waals surface area contributed by atoms with Gasteiger partial charge >= 0.3 is 12.2 Å². The molecule has 10 heteroatoms. The number of benzene rings is 2. The molecule has 43 heavy (non-hydrogen) atoms. The van der Waals surface area contributed by atoms with Crippen molar-refractivity contribution in [2.75, 3.05) is 78.8 Å². The van der Waals surface area contributed by atoms with Gasteiger partial charge in [0.15, 0.2) is 0 Å². The predicted molar refractivity (Wildman–Crippen MR) is 171 cm³/mol. The first-order valence-electron chi connectivity index (χ1n) is 15.2. The minimum atomic E-state index is -0.341. The molecule has 2 amide bonds. The van der Waals surface area contributed by atoms with Crippen molar-refractivity contribution in [1.29, 1.82) is 0 Å². The number of ether oxygens (including phenoxy) is 2. The number of carbonyl (C=O) groups excluding carboxylic acids is 2. The summed E-state index contributed by atoms with van der Waals surface area (Å²) in [6.07, 6.45) is 2.36. The third-order valence-electron chi connectivity index (χ3n) is 10.2. The van der Waals surface area contributed by atoms with E-state index >= 15 is 0 Å². The molecule has 4 aliphatic heterocycles. The van der Waals surface area contributed by atoms with Crippen LogP contribution in [-0.4, -0.2) is 113 Å². The van der Waals surface area contributed by atoms with Crippen molar-refractivity contribution in [3.8, 4) is 11.5 Å². The summed E-state index contributed by atoms with van der Waals surface area (Å²) >= 11 is 0. The number of carbonyl (C=O) groups is 2. The van der Waals surface area contributed by atoms with E-state index in [0.29, 0.717) is 30.4 Å². The standard InChI is InChI=1S/C17H25N3O2.C16H23N3O2/c1-6-18(3)16(21)22-12-7-8-14-13(11-12)17(2)9-10-19(4)15(17)20(14)5;1-16-8-9-18(4)14(16)19(5)13-7-6-11(10-12(13)16)21-15(20)17(2)3/h7-8,11,15H,6,9-10H2,1-5H3;6-7,10,14H,8-9H2,1-5H3. The Bertz CT molecular complexity index is 1400. The van der Waals surface area contributed by atoms with Gasteiger partial charge in [-0.25, -0.2) is 9.59 Å². The summed E-state index contributed by atoms with van der Waals surface area (Å²) < 4.78 is 10.9. The van der Waals surface area contributed by atoms with Crippen LogP contribution >= 0.6 is 0 Å². The van der Waals surface area contributed by atoms with Crippen LogP contribution in [0.5, 0.6) is 11.5 Å². The molecule has 0 radical (unpaired) electrons. The quantitative estimate of drug-likeness (QED) is 0.512. The number of rotatable bonds is 3. The van der Waals surface area contributed by atoms with Crippen LogP contribution in [0.1, 0.15) is 44.7 Å². The summed E-state index contributed by atoms with van der Waals surface area (Å²) in [4.78, 5) is 36.1. The third-order valence-corrected chi connectivity index (χ3v) is 10.2. The van der Waals surface area contributed by atoms with Gasteiger partial charge in [0.25, 0.3) is 0 Å². The monoisotopic (exact) mass is 592 g/mol. The first-order valence-corrected chi connectivity index (χ1v) is 15.2. The molecule has 6 rings (SSSR count). The molecule has 0 bridgehead atoms. The van der Waals surface area contributed by atoms with Crippen molar-refractivity contribution in [3.63, 3.8) is 0 Å². The molecule has 234 valence electrons. The molecular weight excluding hydrogens is 544 g/mol. The Hall–Kier alpha value is -3.50. The van der Waals surface area contributed by atoms with Crippen LogP contribution in [0.4, 0.5) is 21.0 Å². The lowest BCUT2D eigenvalue weighted by Gasteiger charge is -2.32. The lowest BCUT2D eigenvalue weighted by Crippen LogP contribution is -2.45. The summed E-state index contributed by atoms with van der Waals surface area (Å²) in [6, 6.07) is 12.0. The van der Waals surface area contributed by atoms with Crippen LogP contribution < -0.4 is 19.3 Å². The van der Waals surface area contributed by atoms with Gasteiger partial charge in [0.2, 0.25) is 0 Å². The van der Waals surface area contributed by atoms with E-state index in [0.717, 1.165) is 25.9 Å². The summed E-state index contributed by atoms with van der Waals surface area (Å²) in [5.41, 5.74) is 5.23. The molecule has 0 N–H and O–H groups in total. The zero-order valence-electron chi connectivity index (χ0n) is 27.5. The van der Waals surface area contributed by atoms with Crippen molar-refractivity contribution in [3.05, 3.63) is 47.5 Å². The molecule has 4 unspecified atom stereocenters. The van der Waals surface area contributed by atoms with Crippen molar-refractivity contribution in [2.24, 2.45) is 0 Å². The average Bonchev–Trinajstić information content (AvgIpc) is 3.60. The van der Waals surface area contributed by atoms with E-state index in [1.165, 1.54) is 27.4 Å². The molecule has 2 fully saturated rings. The number of fused-ring (bicyclic) bond motifs is 6. The molecule has 0 aliphatic carbocycles. The molecular formula is C33H48N6O4. The molecule has 2 aromatic rings. The van der Waals surface area contributed by atoms with E-state index in [9.17, 15) is 9.59 Å². The molecule has 4 atom stereocenters. The van der Waals surface area contributed by atoms with Crippen molar-refractivity contribution in [2.45, 2.75) is 56.8 Å². The molecule has 0 spiro atoms. The molecule has 4 aliphatic rings. The van der Waals surface area contributed by atoms with Gasteiger partial charge in [0.1, 0.15) is 11.5 Å². The van der Waals surface area contributed by atoms with Crippen LogP contribution in [0.15, 0.2) is 36.4 Å². The summed E-state index contributed by atoms with van der Waals surface area (Å²) in [5, 5.41) is 0. The van der Waals surface area contributed by atoms with E-state index in [1.807, 2.05) is 31.2 Å². The molecule has 0 saturated carbocycles. The largest absolute Gasteiger partial charge is 0.414 e. The van der Waals surface area contributed by atoms with Gasteiger partial charge in [-0.1, -0.05) is 13.8 Å². The Morgan fingerprint density at radius 2 is 1.19 bits per heavy atom. The van der Waals surface area contributed by atoms with E-state index in [2.05, 4.69) is 73.8 Å². The summed E-state index contributed by atoms with van der Waals surface area (Å²) in [5.74, 6) is 1.26. The van der Waals surface area contributed by atoms with Crippen LogP contribution in [-0.2, 0) is 10.8 Å². The highest BCUT2D eigenvalue weighted by molar-refractivity contribution is 5.73. The molecule has 4 heterocycles. The topological polar surface area (TPSA) is 72.0 Å². The fraction of sp³-hybridized carbons (Fsp3) is 0.576. The molecule has 0 aromatic heterocycles. The second kappa shape index (κ2) is 11.2. The van der Waals surface area contributed by atoms with Gasteiger partial charge < -0.3 is 29.1 Å². The zero-order valence-corrected chi connectivity index (χ0v) is 27.5. The Kier molecular flexibility index (Phi) is 8.07. The fourth-order valence-corrected chi connectivity index (χ4v) is 7.74. The highest BCUT2D eigenvalue weighted by Crippen LogP contribution is 2.53. The Morgan fingerprint density at radius 3 is 1.58 bits per heavy atom. The van der Waals surface area contributed by atoms with Gasteiger partial charge in [-0.15, -0.1) is 0 Å². The van der Waals surface area contributed by atoms with E-state index in [-0.39, 0.29) is 23.0 Å². The number of likely N-dealkylation sites (N-methyl/N-ethyl adjacent to an activating group) is 4. The zero-order chi connectivity index (χ0) is 31.4. The molecule has 2 saturated heterocycles. The van der Waals surface area contributed by atoms with Crippen molar-refractivity contribution >= 4 is 23.6 Å². The van der Waals surface area contributed by atoms with Gasteiger partial charge in [-0.05, 0) is 81.4 Å². The number of hydrogen-bond donors (Lipinski definition) is 0. The minimum absolute atomic E-state index is 0.0951. The molecule has 10 nitrogen and oxygen atoms in total. The van der Waals surface area contributed by atoms with Crippen molar-refractivity contribution < 1.29 is 19.1 Å². The first kappa shape index (κ1) is 30.9. The number of nitrogens with zero attached hydrogens (tertiary/aromatic N) is 6. The van der Waals surface area contributed by atoms with Crippen LogP contribution in [0.25, 0.3) is 0 Å². The summed E-state index contributed by atoms with van der Waals surface area (Å²) in [7, 11) is 13.8. The Morgan fingerprint density at radius 1 is 0.767 bits per heavy atom. The number of hydrogen-bond acceptors (Lipinski definition) is 8. The maximum absolute atomic E-state index is 12.0. The fourth-order valence-electron chi connectivity index (χ4n) is 7.74. The smallest absolute Gasteiger partial charge is 0.410 e. The normalized spacial score (nSPS) is 27.1. The van der Waals surface area contributed by atoms with Gasteiger partial charge in [-0.2, -0.15) is 0 Å². The summed E-state index contributed by atoms with van der Waals surface area (Å²) in [6.45, 7) is 9.37. The van der Waals surface area contributed by atoms with Gasteiger partial charge in [-0.3, -0.25) is 9.80 Å². The average molecular weight is 593 g/mol.